The molecular weight excluding hydrogens is 321 g/mol. The van der Waals surface area contributed by atoms with Crippen LogP contribution < -0.4 is 10.2 Å². The fourth-order valence-corrected chi connectivity index (χ4v) is 2.90. The van der Waals surface area contributed by atoms with E-state index in [2.05, 4.69) is 15.1 Å². The van der Waals surface area contributed by atoms with Crippen LogP contribution in [0, 0.1) is 12.7 Å². The SMILES string of the molecule is Cc1ccc(NC(=O)CN2CCN(c3ccc(O)cc3)CC2)cc1F. The molecule has 6 heteroatoms. The third-order valence-electron chi connectivity index (χ3n) is 4.41. The monoisotopic (exact) mass is 343 g/mol. The molecule has 1 heterocycles. The van der Waals surface area contributed by atoms with Crippen LogP contribution in [0.4, 0.5) is 15.8 Å². The molecule has 0 spiro atoms. The molecule has 3 rings (SSSR count). The molecule has 1 aliphatic rings. The summed E-state index contributed by atoms with van der Waals surface area (Å²) in [6.45, 7) is 5.16. The molecule has 5 nitrogen and oxygen atoms in total. The van der Waals surface area contributed by atoms with Gasteiger partial charge in [0, 0.05) is 37.6 Å². The van der Waals surface area contributed by atoms with Crippen molar-refractivity contribution in [1.29, 1.82) is 0 Å². The number of carbonyl (C=O) groups excluding carboxylic acids is 1. The van der Waals surface area contributed by atoms with Gasteiger partial charge < -0.3 is 15.3 Å². The highest BCUT2D eigenvalue weighted by atomic mass is 19.1. The lowest BCUT2D eigenvalue weighted by Crippen LogP contribution is -2.48. The topological polar surface area (TPSA) is 55.8 Å². The second-order valence-corrected chi connectivity index (χ2v) is 6.29. The number of phenolic OH excluding ortho intramolecular Hbond substituents is 1. The maximum absolute atomic E-state index is 13.5. The van der Waals surface area contributed by atoms with Crippen molar-refractivity contribution in [3.05, 3.63) is 53.8 Å². The molecule has 0 aliphatic carbocycles. The van der Waals surface area contributed by atoms with Gasteiger partial charge in [0.25, 0.3) is 0 Å². The molecule has 1 saturated heterocycles. The zero-order valence-corrected chi connectivity index (χ0v) is 14.2. The first-order valence-electron chi connectivity index (χ1n) is 8.33. The molecule has 0 radical (unpaired) electrons. The first kappa shape index (κ1) is 17.2. The van der Waals surface area contributed by atoms with Crippen molar-refractivity contribution < 1.29 is 14.3 Å². The van der Waals surface area contributed by atoms with E-state index in [4.69, 9.17) is 0 Å². The van der Waals surface area contributed by atoms with Crippen LogP contribution in [-0.4, -0.2) is 48.6 Å². The summed E-state index contributed by atoms with van der Waals surface area (Å²) >= 11 is 0. The van der Waals surface area contributed by atoms with E-state index in [-0.39, 0.29) is 17.5 Å². The Morgan fingerprint density at radius 1 is 1.12 bits per heavy atom. The average molecular weight is 343 g/mol. The number of aromatic hydroxyl groups is 1. The predicted molar refractivity (Wildman–Crippen MR) is 96.5 cm³/mol. The smallest absolute Gasteiger partial charge is 0.238 e. The van der Waals surface area contributed by atoms with Crippen LogP contribution in [0.15, 0.2) is 42.5 Å². The molecule has 2 aromatic rings. The minimum atomic E-state index is -0.319. The number of nitrogens with one attached hydrogen (secondary N) is 1. The molecule has 0 bridgehead atoms. The van der Waals surface area contributed by atoms with Crippen molar-refractivity contribution in [3.63, 3.8) is 0 Å². The number of halogens is 1. The summed E-state index contributed by atoms with van der Waals surface area (Å²) in [4.78, 5) is 16.5. The number of piperazine rings is 1. The minimum Gasteiger partial charge on any atom is -0.508 e. The third-order valence-corrected chi connectivity index (χ3v) is 4.41. The van der Waals surface area contributed by atoms with E-state index in [1.54, 1.807) is 31.2 Å². The number of amides is 1. The molecule has 1 amide bonds. The Balaban J connectivity index is 1.49. The van der Waals surface area contributed by atoms with Gasteiger partial charge in [-0.2, -0.15) is 0 Å². The second-order valence-electron chi connectivity index (χ2n) is 6.29. The lowest BCUT2D eigenvalue weighted by atomic mass is 10.2. The summed E-state index contributed by atoms with van der Waals surface area (Å²) < 4.78 is 13.5. The Labute approximate surface area is 146 Å². The van der Waals surface area contributed by atoms with Crippen LogP contribution in [0.1, 0.15) is 5.56 Å². The van der Waals surface area contributed by atoms with Crippen LogP contribution in [0.25, 0.3) is 0 Å². The maximum atomic E-state index is 13.5. The van der Waals surface area contributed by atoms with Crippen molar-refractivity contribution >= 4 is 17.3 Å². The molecule has 25 heavy (non-hydrogen) atoms. The van der Waals surface area contributed by atoms with E-state index in [9.17, 15) is 14.3 Å². The number of anilines is 2. The highest BCUT2D eigenvalue weighted by molar-refractivity contribution is 5.92. The maximum Gasteiger partial charge on any atom is 0.238 e. The Morgan fingerprint density at radius 3 is 2.44 bits per heavy atom. The molecular formula is C19H22FN3O2. The standard InChI is InChI=1S/C19H22FN3O2/c1-14-2-3-15(12-18(14)20)21-19(25)13-22-8-10-23(11-9-22)16-4-6-17(24)7-5-16/h2-7,12,24H,8-11,13H2,1H3,(H,21,25). The quantitative estimate of drug-likeness (QED) is 0.896. The number of aryl methyl sites for hydroxylation is 1. The van der Waals surface area contributed by atoms with E-state index >= 15 is 0 Å². The Bertz CT molecular complexity index is 741. The van der Waals surface area contributed by atoms with Gasteiger partial charge in [-0.25, -0.2) is 4.39 Å². The average Bonchev–Trinajstić information content (AvgIpc) is 2.60. The van der Waals surface area contributed by atoms with Crippen LogP contribution >= 0.6 is 0 Å². The number of hydrogen-bond acceptors (Lipinski definition) is 4. The summed E-state index contributed by atoms with van der Waals surface area (Å²) in [5.41, 5.74) is 2.11. The summed E-state index contributed by atoms with van der Waals surface area (Å²) in [6, 6.07) is 11.8. The molecule has 0 unspecified atom stereocenters. The minimum absolute atomic E-state index is 0.138. The highest BCUT2D eigenvalue weighted by Gasteiger charge is 2.19. The zero-order valence-electron chi connectivity index (χ0n) is 14.2. The second kappa shape index (κ2) is 7.53. The molecule has 2 N–H and O–H groups in total. The van der Waals surface area contributed by atoms with E-state index in [1.165, 1.54) is 6.07 Å². The number of carbonyl (C=O) groups is 1. The van der Waals surface area contributed by atoms with Gasteiger partial charge in [0.1, 0.15) is 11.6 Å². The van der Waals surface area contributed by atoms with Crippen LogP contribution in [0.3, 0.4) is 0 Å². The number of phenols is 1. The van der Waals surface area contributed by atoms with Crippen molar-refractivity contribution in [1.82, 2.24) is 4.90 Å². The van der Waals surface area contributed by atoms with Crippen molar-refractivity contribution in [2.24, 2.45) is 0 Å². The van der Waals surface area contributed by atoms with E-state index in [1.807, 2.05) is 12.1 Å². The normalized spacial score (nSPS) is 15.2. The van der Waals surface area contributed by atoms with Crippen LogP contribution in [-0.2, 0) is 4.79 Å². The number of rotatable bonds is 4. The van der Waals surface area contributed by atoms with Gasteiger partial charge in [-0.3, -0.25) is 9.69 Å². The highest BCUT2D eigenvalue weighted by Crippen LogP contribution is 2.20. The molecule has 1 aliphatic heterocycles. The van der Waals surface area contributed by atoms with Crippen LogP contribution in [0.2, 0.25) is 0 Å². The number of hydrogen-bond donors (Lipinski definition) is 2. The third kappa shape index (κ3) is 4.48. The summed E-state index contributed by atoms with van der Waals surface area (Å²) in [7, 11) is 0. The summed E-state index contributed by atoms with van der Waals surface area (Å²) in [5.74, 6) is -0.201. The summed E-state index contributed by atoms with van der Waals surface area (Å²) in [6.07, 6.45) is 0. The van der Waals surface area contributed by atoms with Crippen molar-refractivity contribution in [2.75, 3.05) is 42.9 Å². The first-order valence-corrected chi connectivity index (χ1v) is 8.33. The van der Waals surface area contributed by atoms with Gasteiger partial charge in [-0.05, 0) is 48.9 Å². The van der Waals surface area contributed by atoms with E-state index in [0.717, 1.165) is 31.9 Å². The van der Waals surface area contributed by atoms with Gasteiger partial charge in [-0.15, -0.1) is 0 Å². The van der Waals surface area contributed by atoms with E-state index < -0.39 is 0 Å². The molecule has 2 aromatic carbocycles. The summed E-state index contributed by atoms with van der Waals surface area (Å²) in [5, 5.41) is 12.1. The van der Waals surface area contributed by atoms with Gasteiger partial charge in [0.2, 0.25) is 5.91 Å². The first-order chi connectivity index (χ1) is 12.0. The number of benzene rings is 2. The van der Waals surface area contributed by atoms with E-state index in [0.29, 0.717) is 17.8 Å². The van der Waals surface area contributed by atoms with Crippen molar-refractivity contribution in [3.8, 4) is 5.75 Å². The Hall–Kier alpha value is -2.60. The largest absolute Gasteiger partial charge is 0.508 e. The molecule has 0 saturated carbocycles. The number of nitrogens with zero attached hydrogens (tertiary/aromatic N) is 2. The fraction of sp³-hybridized carbons (Fsp3) is 0.316. The van der Waals surface area contributed by atoms with Gasteiger partial charge in [0.15, 0.2) is 0 Å². The molecule has 0 atom stereocenters. The molecule has 0 aromatic heterocycles. The van der Waals surface area contributed by atoms with Gasteiger partial charge in [0.05, 0.1) is 6.54 Å². The Morgan fingerprint density at radius 2 is 1.80 bits per heavy atom. The van der Waals surface area contributed by atoms with Crippen LogP contribution in [0.5, 0.6) is 5.75 Å². The molecule has 132 valence electrons. The zero-order chi connectivity index (χ0) is 17.8. The fourth-order valence-electron chi connectivity index (χ4n) is 2.90. The lowest BCUT2D eigenvalue weighted by molar-refractivity contribution is -0.117. The lowest BCUT2D eigenvalue weighted by Gasteiger charge is -2.35. The predicted octanol–water partition coefficient (Wildman–Crippen LogP) is 2.60. The van der Waals surface area contributed by atoms with Gasteiger partial charge in [-0.1, -0.05) is 6.07 Å². The van der Waals surface area contributed by atoms with Gasteiger partial charge >= 0.3 is 0 Å². The Kier molecular flexibility index (Phi) is 5.19. The van der Waals surface area contributed by atoms with Crippen molar-refractivity contribution in [2.45, 2.75) is 6.92 Å². The molecule has 1 fully saturated rings.